The average Bonchev–Trinajstić information content (AvgIpc) is 2.87. The van der Waals surface area contributed by atoms with E-state index in [9.17, 15) is 18.9 Å². The molecule has 8 heteroatoms. The van der Waals surface area contributed by atoms with Gasteiger partial charge in [-0.3, -0.25) is 9.36 Å². The van der Waals surface area contributed by atoms with Gasteiger partial charge in [0.15, 0.2) is 0 Å². The molecule has 6 nitrogen and oxygen atoms in total. The van der Waals surface area contributed by atoms with Gasteiger partial charge < -0.3 is 14.4 Å². The Balaban J connectivity index is 2.17. The minimum absolute atomic E-state index is 0.0332. The molecule has 2 atom stereocenters. The first-order chi connectivity index (χ1) is 17.2. The van der Waals surface area contributed by atoms with Crippen LogP contribution in [0.3, 0.4) is 0 Å². The maximum absolute atomic E-state index is 13.7. The molecular weight excluding hydrogens is 480 g/mol. The van der Waals surface area contributed by atoms with Crippen molar-refractivity contribution in [2.24, 2.45) is 0 Å². The number of methoxy groups -OCH3 is 1. The van der Waals surface area contributed by atoms with Gasteiger partial charge >= 0.3 is 5.97 Å². The number of halogens is 1. The summed E-state index contributed by atoms with van der Waals surface area (Å²) in [5.74, 6) is 2.03. The number of benzene rings is 2. The summed E-state index contributed by atoms with van der Waals surface area (Å²) in [6.07, 6.45) is -1.89. The first-order valence-corrected chi connectivity index (χ1v) is 13.3. The van der Waals surface area contributed by atoms with E-state index in [-0.39, 0.29) is 24.3 Å². The van der Waals surface area contributed by atoms with Gasteiger partial charge in [0.25, 0.3) is 7.37 Å². The van der Waals surface area contributed by atoms with Crippen molar-refractivity contribution >= 4 is 13.3 Å². The normalized spacial score (nSPS) is 13.4. The summed E-state index contributed by atoms with van der Waals surface area (Å²) in [5.41, 5.74) is 6.94. The average molecular weight is 510 g/mol. The van der Waals surface area contributed by atoms with Crippen molar-refractivity contribution in [1.82, 2.24) is 4.98 Å². The van der Waals surface area contributed by atoms with E-state index in [1.54, 1.807) is 12.1 Å². The Kier molecular flexibility index (Phi) is 9.17. The van der Waals surface area contributed by atoms with E-state index in [0.29, 0.717) is 16.8 Å². The van der Waals surface area contributed by atoms with Crippen molar-refractivity contribution in [2.45, 2.75) is 32.3 Å². The van der Waals surface area contributed by atoms with Crippen LogP contribution < -0.4 is 0 Å². The van der Waals surface area contributed by atoms with Gasteiger partial charge in [-0.05, 0) is 47.5 Å². The molecule has 1 aromatic heterocycles. The first kappa shape index (κ1) is 27.3. The molecule has 0 saturated carbocycles. The van der Waals surface area contributed by atoms with Gasteiger partial charge in [-0.1, -0.05) is 50.1 Å². The van der Waals surface area contributed by atoms with Crippen molar-refractivity contribution in [3.63, 3.8) is 0 Å². The zero-order valence-electron chi connectivity index (χ0n) is 20.7. The number of aliphatic hydroxyl groups is 1. The molecule has 0 spiro atoms. The third-order valence-corrected chi connectivity index (χ3v) is 7.53. The second-order valence-electron chi connectivity index (χ2n) is 8.56. The molecular formula is C28H29FNO5P. The van der Waals surface area contributed by atoms with Crippen LogP contribution in [0.4, 0.5) is 4.39 Å². The highest BCUT2D eigenvalue weighted by Crippen LogP contribution is 2.46. The van der Waals surface area contributed by atoms with Gasteiger partial charge in [-0.25, -0.2) is 9.37 Å². The van der Waals surface area contributed by atoms with E-state index in [4.69, 9.17) is 9.51 Å². The molecule has 188 valence electrons. The van der Waals surface area contributed by atoms with Gasteiger partial charge in [-0.15, -0.1) is 0 Å². The number of esters is 1. The number of aliphatic hydroxyl groups excluding tert-OH is 1. The third-order valence-electron chi connectivity index (χ3n) is 5.59. The number of hydrogen-bond acceptors (Lipinski definition) is 6. The summed E-state index contributed by atoms with van der Waals surface area (Å²) in [7, 11) is -1.17. The summed E-state index contributed by atoms with van der Waals surface area (Å²) >= 11 is 0. The number of ether oxygens (including phenoxy) is 1. The Morgan fingerprint density at radius 3 is 2.33 bits per heavy atom. The van der Waals surface area contributed by atoms with Crippen LogP contribution in [-0.4, -0.2) is 42.5 Å². The van der Waals surface area contributed by atoms with Crippen LogP contribution in [-0.2, 0) is 18.6 Å². The lowest BCUT2D eigenvalue weighted by Gasteiger charge is -2.17. The second kappa shape index (κ2) is 12.1. The topological polar surface area (TPSA) is 85.7 Å². The Labute approximate surface area is 211 Å². The molecule has 0 fully saturated rings. The molecule has 2 aromatic carbocycles. The van der Waals surface area contributed by atoms with Crippen molar-refractivity contribution < 1.29 is 28.1 Å². The summed E-state index contributed by atoms with van der Waals surface area (Å²) in [6.45, 7) is 4.03. The van der Waals surface area contributed by atoms with E-state index in [1.807, 2.05) is 50.2 Å². The summed E-state index contributed by atoms with van der Waals surface area (Å²) in [5, 5.41) is 10.2. The molecule has 0 radical (unpaired) electrons. The van der Waals surface area contributed by atoms with E-state index in [0.717, 1.165) is 16.8 Å². The van der Waals surface area contributed by atoms with Crippen LogP contribution in [0, 0.1) is 17.4 Å². The molecule has 1 unspecified atom stereocenters. The minimum Gasteiger partial charge on any atom is -0.469 e. The van der Waals surface area contributed by atoms with Crippen LogP contribution in [0.2, 0.25) is 0 Å². The SMILES string of the molecule is COC(=O)C[C@H](O)CP(=O)(C#Cc1c(C(C)C)cc(-c2ccccc2)nc1-c1ccc(F)cc1)OC. The zero-order valence-corrected chi connectivity index (χ0v) is 21.6. The molecule has 3 rings (SSSR count). The summed E-state index contributed by atoms with van der Waals surface area (Å²) in [6, 6.07) is 17.6. The molecule has 0 saturated heterocycles. The number of rotatable bonds is 8. The highest BCUT2D eigenvalue weighted by Gasteiger charge is 2.26. The van der Waals surface area contributed by atoms with E-state index >= 15 is 0 Å². The van der Waals surface area contributed by atoms with E-state index < -0.39 is 19.4 Å². The molecule has 0 aliphatic heterocycles. The monoisotopic (exact) mass is 509 g/mol. The van der Waals surface area contributed by atoms with E-state index in [2.05, 4.69) is 16.3 Å². The molecule has 3 aromatic rings. The zero-order chi connectivity index (χ0) is 26.3. The highest BCUT2D eigenvalue weighted by atomic mass is 31.2. The van der Waals surface area contributed by atoms with E-state index in [1.165, 1.54) is 26.4 Å². The number of pyridine rings is 1. The predicted octanol–water partition coefficient (Wildman–Crippen LogP) is 5.84. The van der Waals surface area contributed by atoms with Gasteiger partial charge in [0.1, 0.15) is 5.82 Å². The summed E-state index contributed by atoms with van der Waals surface area (Å²) in [4.78, 5) is 16.3. The fourth-order valence-electron chi connectivity index (χ4n) is 3.65. The Morgan fingerprint density at radius 2 is 1.75 bits per heavy atom. The number of carbonyl (C=O) groups excluding carboxylic acids is 1. The number of carbonyl (C=O) groups is 1. The Morgan fingerprint density at radius 1 is 1.08 bits per heavy atom. The molecule has 36 heavy (non-hydrogen) atoms. The third kappa shape index (κ3) is 6.89. The largest absolute Gasteiger partial charge is 0.469 e. The second-order valence-corrected chi connectivity index (χ2v) is 10.9. The van der Waals surface area contributed by atoms with Gasteiger partial charge in [0.2, 0.25) is 0 Å². The number of nitrogens with zero attached hydrogens (tertiary/aromatic N) is 1. The van der Waals surface area contributed by atoms with Crippen LogP contribution >= 0.6 is 7.37 Å². The fraction of sp³-hybridized carbons (Fsp3) is 0.286. The lowest BCUT2D eigenvalue weighted by molar-refractivity contribution is -0.142. The molecule has 0 amide bonds. The first-order valence-electron chi connectivity index (χ1n) is 11.4. The van der Waals surface area contributed by atoms with Crippen molar-refractivity contribution in [1.29, 1.82) is 0 Å². The molecule has 0 aliphatic rings. The number of aromatic nitrogens is 1. The van der Waals surface area contributed by atoms with Gasteiger partial charge in [-0.2, -0.15) is 0 Å². The van der Waals surface area contributed by atoms with Gasteiger partial charge in [0, 0.05) is 18.2 Å². The maximum atomic E-state index is 13.7. The van der Waals surface area contributed by atoms with Crippen LogP contribution in [0.5, 0.6) is 0 Å². The van der Waals surface area contributed by atoms with Crippen molar-refractivity contribution in [3.8, 4) is 34.1 Å². The smallest absolute Gasteiger partial charge is 0.308 e. The predicted molar refractivity (Wildman–Crippen MR) is 138 cm³/mol. The standard InChI is InChI=1S/C28H29FNO5P/c1-19(2)25-17-26(20-8-6-5-7-9-20)30-28(21-10-12-22(29)13-11-21)24(25)14-15-36(33,35-4)18-23(31)16-27(32)34-3/h5-13,17,19,23,31H,16,18H2,1-4H3/t23-,36?/m0/s1. The quantitative estimate of drug-likeness (QED) is 0.233. The molecule has 1 N–H and O–H groups in total. The highest BCUT2D eigenvalue weighted by molar-refractivity contribution is 7.64. The Hall–Kier alpha value is -3.30. The summed E-state index contributed by atoms with van der Waals surface area (Å²) < 4.78 is 36.8. The Bertz CT molecular complexity index is 1310. The lowest BCUT2D eigenvalue weighted by atomic mass is 9.92. The van der Waals surface area contributed by atoms with Gasteiger partial charge in [0.05, 0.1) is 42.7 Å². The molecule has 0 bridgehead atoms. The van der Waals surface area contributed by atoms with Crippen LogP contribution in [0.25, 0.3) is 22.5 Å². The van der Waals surface area contributed by atoms with Crippen molar-refractivity contribution in [3.05, 3.63) is 77.6 Å². The fourth-order valence-corrected chi connectivity index (χ4v) is 4.95. The van der Waals surface area contributed by atoms with Crippen molar-refractivity contribution in [2.75, 3.05) is 20.4 Å². The molecule has 0 aliphatic carbocycles. The van der Waals surface area contributed by atoms with Crippen LogP contribution in [0.15, 0.2) is 60.7 Å². The molecule has 1 heterocycles. The minimum atomic E-state index is -3.63. The maximum Gasteiger partial charge on any atom is 0.308 e. The lowest BCUT2D eigenvalue weighted by Crippen LogP contribution is -2.18. The van der Waals surface area contributed by atoms with Crippen LogP contribution in [0.1, 0.15) is 37.3 Å². The number of hydrogen-bond donors (Lipinski definition) is 1.